The van der Waals surface area contributed by atoms with E-state index in [1.54, 1.807) is 0 Å². The average Bonchev–Trinajstić information content (AvgIpc) is 2.84. The SMILES string of the molecule is O=C(O)CSc1n[nH]c(-c2ccc(Br)cc2C(F)(F)F)n1. The first kappa shape index (κ1) is 15.8. The minimum atomic E-state index is -4.54. The quantitative estimate of drug-likeness (QED) is 0.793. The topological polar surface area (TPSA) is 78.9 Å². The first-order valence-corrected chi connectivity index (χ1v) is 7.19. The molecule has 5 nitrogen and oxygen atoms in total. The van der Waals surface area contributed by atoms with Crippen molar-refractivity contribution in [2.75, 3.05) is 5.75 Å². The molecule has 0 atom stereocenters. The van der Waals surface area contributed by atoms with Gasteiger partial charge in [0.05, 0.1) is 11.3 Å². The van der Waals surface area contributed by atoms with E-state index < -0.39 is 17.7 Å². The van der Waals surface area contributed by atoms with Crippen LogP contribution < -0.4 is 0 Å². The summed E-state index contributed by atoms with van der Waals surface area (Å²) in [4.78, 5) is 14.3. The number of aromatic amines is 1. The zero-order valence-electron chi connectivity index (χ0n) is 10.1. The Morgan fingerprint density at radius 1 is 1.43 bits per heavy atom. The molecule has 0 amide bonds. The third-order valence-corrected chi connectivity index (χ3v) is 3.66. The number of halogens is 4. The zero-order valence-corrected chi connectivity index (χ0v) is 12.5. The number of carbonyl (C=O) groups is 1. The molecule has 0 aliphatic rings. The number of aliphatic carboxylic acids is 1. The molecule has 21 heavy (non-hydrogen) atoms. The number of thioether (sulfide) groups is 1. The lowest BCUT2D eigenvalue weighted by Gasteiger charge is -2.11. The first-order chi connectivity index (χ1) is 9.77. The van der Waals surface area contributed by atoms with Crippen LogP contribution in [-0.2, 0) is 11.0 Å². The predicted molar refractivity (Wildman–Crippen MR) is 72.9 cm³/mol. The van der Waals surface area contributed by atoms with Crippen LogP contribution in [0, 0.1) is 0 Å². The van der Waals surface area contributed by atoms with Gasteiger partial charge in [0.15, 0.2) is 5.82 Å². The van der Waals surface area contributed by atoms with Crippen LogP contribution in [0.5, 0.6) is 0 Å². The standard InChI is InChI=1S/C11H7BrF3N3O2S/c12-5-1-2-6(7(3-5)11(13,14)15)9-16-10(18-17-9)21-4-8(19)20/h1-3H,4H2,(H,19,20)(H,16,17,18). The van der Waals surface area contributed by atoms with E-state index in [0.717, 1.165) is 17.8 Å². The van der Waals surface area contributed by atoms with Crippen molar-refractivity contribution in [3.8, 4) is 11.4 Å². The predicted octanol–water partition coefficient (Wildman–Crippen LogP) is 3.43. The highest BCUT2D eigenvalue weighted by Gasteiger charge is 2.34. The minimum Gasteiger partial charge on any atom is -0.481 e. The van der Waals surface area contributed by atoms with Gasteiger partial charge in [0.2, 0.25) is 5.16 Å². The number of carboxylic acid groups (broad SMARTS) is 1. The second-order valence-electron chi connectivity index (χ2n) is 3.84. The van der Waals surface area contributed by atoms with Gasteiger partial charge in [-0.3, -0.25) is 9.89 Å². The maximum absolute atomic E-state index is 13.0. The van der Waals surface area contributed by atoms with Crippen molar-refractivity contribution in [1.82, 2.24) is 15.2 Å². The molecule has 2 rings (SSSR count). The van der Waals surface area contributed by atoms with Crippen molar-refractivity contribution in [3.63, 3.8) is 0 Å². The Morgan fingerprint density at radius 2 is 2.14 bits per heavy atom. The fraction of sp³-hybridized carbons (Fsp3) is 0.182. The van der Waals surface area contributed by atoms with Gasteiger partial charge in [-0.15, -0.1) is 5.10 Å². The fourth-order valence-corrected chi connectivity index (χ4v) is 2.39. The van der Waals surface area contributed by atoms with Crippen LogP contribution in [-0.4, -0.2) is 32.0 Å². The summed E-state index contributed by atoms with van der Waals surface area (Å²) in [6.45, 7) is 0. The van der Waals surface area contributed by atoms with E-state index in [-0.39, 0.29) is 22.3 Å². The second-order valence-corrected chi connectivity index (χ2v) is 5.69. The highest BCUT2D eigenvalue weighted by Crippen LogP contribution is 2.37. The lowest BCUT2D eigenvalue weighted by Crippen LogP contribution is -2.07. The lowest BCUT2D eigenvalue weighted by atomic mass is 10.1. The Balaban J connectivity index is 2.36. The molecule has 1 aromatic carbocycles. The molecular formula is C11H7BrF3N3O2S. The van der Waals surface area contributed by atoms with E-state index >= 15 is 0 Å². The molecule has 0 bridgehead atoms. The van der Waals surface area contributed by atoms with Crippen LogP contribution in [0.4, 0.5) is 13.2 Å². The molecule has 0 fully saturated rings. The van der Waals surface area contributed by atoms with Crippen LogP contribution in [0.15, 0.2) is 27.8 Å². The Kier molecular flexibility index (Phi) is 4.57. The summed E-state index contributed by atoms with van der Waals surface area (Å²) in [6.07, 6.45) is -4.54. The molecule has 112 valence electrons. The van der Waals surface area contributed by atoms with Crippen LogP contribution in [0.3, 0.4) is 0 Å². The number of hydrogen-bond acceptors (Lipinski definition) is 4. The van der Waals surface area contributed by atoms with E-state index in [9.17, 15) is 18.0 Å². The number of H-pyrrole nitrogens is 1. The van der Waals surface area contributed by atoms with Crippen molar-refractivity contribution in [2.24, 2.45) is 0 Å². The summed E-state index contributed by atoms with van der Waals surface area (Å²) in [5, 5.41) is 14.7. The smallest absolute Gasteiger partial charge is 0.417 e. The first-order valence-electron chi connectivity index (χ1n) is 5.41. The molecule has 0 saturated carbocycles. The van der Waals surface area contributed by atoms with Crippen LogP contribution >= 0.6 is 27.7 Å². The third kappa shape index (κ3) is 3.97. The molecule has 1 heterocycles. The van der Waals surface area contributed by atoms with Crippen LogP contribution in [0.1, 0.15) is 5.56 Å². The van der Waals surface area contributed by atoms with Gasteiger partial charge >= 0.3 is 12.1 Å². The summed E-state index contributed by atoms with van der Waals surface area (Å²) >= 11 is 3.81. The van der Waals surface area contributed by atoms with Crippen molar-refractivity contribution < 1.29 is 23.1 Å². The second kappa shape index (κ2) is 6.06. The van der Waals surface area contributed by atoms with Gasteiger partial charge in [-0.25, -0.2) is 4.98 Å². The summed E-state index contributed by atoms with van der Waals surface area (Å²) in [5.41, 5.74) is -1.01. The molecule has 0 saturated heterocycles. The molecule has 0 aliphatic heterocycles. The zero-order chi connectivity index (χ0) is 15.6. The van der Waals surface area contributed by atoms with Gasteiger partial charge in [-0.1, -0.05) is 27.7 Å². The van der Waals surface area contributed by atoms with Gasteiger partial charge < -0.3 is 5.11 Å². The Labute approximate surface area is 129 Å². The maximum atomic E-state index is 13.0. The van der Waals surface area contributed by atoms with E-state index in [4.69, 9.17) is 5.11 Å². The fourth-order valence-electron chi connectivity index (χ4n) is 1.52. The molecule has 0 radical (unpaired) electrons. The summed E-state index contributed by atoms with van der Waals surface area (Å²) in [5.74, 6) is -1.40. The number of carboxylic acids is 1. The van der Waals surface area contributed by atoms with E-state index in [2.05, 4.69) is 31.1 Å². The molecule has 1 aromatic heterocycles. The average molecular weight is 382 g/mol. The Bertz CT molecular complexity index is 675. The van der Waals surface area contributed by atoms with Crippen LogP contribution in [0.2, 0.25) is 0 Å². The number of alkyl halides is 3. The normalized spacial score (nSPS) is 11.6. The molecule has 2 N–H and O–H groups in total. The third-order valence-electron chi connectivity index (χ3n) is 2.33. The van der Waals surface area contributed by atoms with E-state index in [1.807, 2.05) is 0 Å². The van der Waals surface area contributed by atoms with Crippen LogP contribution in [0.25, 0.3) is 11.4 Å². The monoisotopic (exact) mass is 381 g/mol. The van der Waals surface area contributed by atoms with Crippen molar-refractivity contribution in [1.29, 1.82) is 0 Å². The van der Waals surface area contributed by atoms with E-state index in [1.165, 1.54) is 12.1 Å². The van der Waals surface area contributed by atoms with Gasteiger partial charge in [0.1, 0.15) is 0 Å². The summed E-state index contributed by atoms with van der Waals surface area (Å²) < 4.78 is 39.3. The highest BCUT2D eigenvalue weighted by atomic mass is 79.9. The molecule has 0 aliphatic carbocycles. The number of nitrogens with one attached hydrogen (secondary N) is 1. The number of aromatic nitrogens is 3. The largest absolute Gasteiger partial charge is 0.481 e. The summed E-state index contributed by atoms with van der Waals surface area (Å²) in [6, 6.07) is 3.66. The van der Waals surface area contributed by atoms with Crippen molar-refractivity contribution in [3.05, 3.63) is 28.2 Å². The summed E-state index contributed by atoms with van der Waals surface area (Å²) in [7, 11) is 0. The molecular weight excluding hydrogens is 375 g/mol. The number of hydrogen-bond donors (Lipinski definition) is 2. The van der Waals surface area contributed by atoms with Gasteiger partial charge in [-0.05, 0) is 18.2 Å². The highest BCUT2D eigenvalue weighted by molar-refractivity contribution is 9.10. The van der Waals surface area contributed by atoms with Gasteiger partial charge in [0, 0.05) is 10.0 Å². The van der Waals surface area contributed by atoms with Gasteiger partial charge in [-0.2, -0.15) is 13.2 Å². The van der Waals surface area contributed by atoms with Gasteiger partial charge in [0.25, 0.3) is 0 Å². The number of rotatable bonds is 4. The maximum Gasteiger partial charge on any atom is 0.417 e. The van der Waals surface area contributed by atoms with Crippen molar-refractivity contribution >= 4 is 33.7 Å². The molecule has 10 heteroatoms. The van der Waals surface area contributed by atoms with Crippen molar-refractivity contribution in [2.45, 2.75) is 11.3 Å². The molecule has 0 unspecified atom stereocenters. The number of nitrogens with zero attached hydrogens (tertiary/aromatic N) is 2. The molecule has 2 aromatic rings. The molecule has 0 spiro atoms. The minimum absolute atomic E-state index is 0.0669. The van der Waals surface area contributed by atoms with E-state index in [0.29, 0.717) is 4.47 Å². The Hall–Kier alpha value is -1.55. The number of benzene rings is 1. The lowest BCUT2D eigenvalue weighted by molar-refractivity contribution is -0.137. The Morgan fingerprint density at radius 3 is 2.76 bits per heavy atom.